The van der Waals surface area contributed by atoms with Gasteiger partial charge in [-0.05, 0) is 17.3 Å². The first-order valence-corrected chi connectivity index (χ1v) is 8.15. The van der Waals surface area contributed by atoms with Crippen LogP contribution in [0.3, 0.4) is 0 Å². The summed E-state index contributed by atoms with van der Waals surface area (Å²) >= 11 is 0. The number of carbonyl (C=O) groups is 2. The third kappa shape index (κ3) is 9.32. The van der Waals surface area contributed by atoms with Crippen LogP contribution in [0.4, 0.5) is 26.3 Å². The molecule has 0 heterocycles. The molecular formula is C17H26F6O4. The molecule has 0 saturated carbocycles. The lowest BCUT2D eigenvalue weighted by Crippen LogP contribution is -2.49. The number of esters is 2. The average Bonchev–Trinajstić information content (AvgIpc) is 2.37. The number of alkyl halides is 6. The van der Waals surface area contributed by atoms with Gasteiger partial charge in [-0.2, -0.15) is 26.3 Å². The van der Waals surface area contributed by atoms with Crippen LogP contribution in [-0.4, -0.2) is 37.5 Å². The predicted octanol–water partition coefficient (Wildman–Crippen LogP) is 5.06. The Balaban J connectivity index is 5.81. The number of carbonyl (C=O) groups excluding carboxylic acids is 2. The number of hydrogen-bond donors (Lipinski definition) is 0. The van der Waals surface area contributed by atoms with Crippen molar-refractivity contribution in [1.82, 2.24) is 0 Å². The Morgan fingerprint density at radius 3 is 1.48 bits per heavy atom. The first kappa shape index (κ1) is 25.5. The van der Waals surface area contributed by atoms with E-state index in [4.69, 9.17) is 0 Å². The van der Waals surface area contributed by atoms with Crippen LogP contribution in [0.1, 0.15) is 54.4 Å². The highest BCUT2D eigenvalue weighted by molar-refractivity contribution is 5.84. The van der Waals surface area contributed by atoms with E-state index in [1.54, 1.807) is 20.8 Å². The normalized spacial score (nSPS) is 15.9. The number of halogens is 6. The summed E-state index contributed by atoms with van der Waals surface area (Å²) in [6.45, 7) is 5.87. The van der Waals surface area contributed by atoms with Crippen LogP contribution in [0, 0.1) is 16.2 Å². The van der Waals surface area contributed by atoms with Gasteiger partial charge in [-0.1, -0.05) is 41.5 Å². The lowest BCUT2D eigenvalue weighted by atomic mass is 9.58. The molecule has 27 heavy (non-hydrogen) atoms. The topological polar surface area (TPSA) is 52.6 Å². The molecule has 4 nitrogen and oxygen atoms in total. The Kier molecular flexibility index (Phi) is 7.81. The van der Waals surface area contributed by atoms with Gasteiger partial charge in [0.25, 0.3) is 0 Å². The van der Waals surface area contributed by atoms with Gasteiger partial charge in [-0.3, -0.25) is 9.59 Å². The molecule has 0 spiro atoms. The monoisotopic (exact) mass is 408 g/mol. The Morgan fingerprint density at radius 2 is 1.15 bits per heavy atom. The van der Waals surface area contributed by atoms with Crippen LogP contribution in [0.15, 0.2) is 0 Å². The van der Waals surface area contributed by atoms with E-state index in [1.165, 1.54) is 20.8 Å². The first-order valence-electron chi connectivity index (χ1n) is 8.15. The van der Waals surface area contributed by atoms with Crippen LogP contribution in [-0.2, 0) is 19.1 Å². The molecule has 0 rings (SSSR count). The van der Waals surface area contributed by atoms with E-state index in [2.05, 4.69) is 9.47 Å². The van der Waals surface area contributed by atoms with Crippen molar-refractivity contribution < 1.29 is 45.4 Å². The SMILES string of the molecule is CC(C)(C)CC(CC(=O)OCC(F)(F)F)(C(=O)OCC(F)(F)F)C(C)(C)C. The number of hydrogen-bond acceptors (Lipinski definition) is 4. The molecule has 0 aliphatic heterocycles. The lowest BCUT2D eigenvalue weighted by Gasteiger charge is -2.45. The highest BCUT2D eigenvalue weighted by Crippen LogP contribution is 2.50. The molecular weight excluding hydrogens is 382 g/mol. The maximum absolute atomic E-state index is 12.6. The van der Waals surface area contributed by atoms with E-state index in [-0.39, 0.29) is 6.42 Å². The average molecular weight is 408 g/mol. The van der Waals surface area contributed by atoms with E-state index < -0.39 is 60.2 Å². The molecule has 0 aromatic rings. The molecule has 0 bridgehead atoms. The third-order valence-electron chi connectivity index (χ3n) is 3.87. The zero-order valence-corrected chi connectivity index (χ0v) is 16.2. The molecule has 0 N–H and O–H groups in total. The maximum Gasteiger partial charge on any atom is 0.422 e. The Bertz CT molecular complexity index is 526. The molecule has 0 aliphatic rings. The Labute approximate surface area is 154 Å². The smallest absolute Gasteiger partial charge is 0.422 e. The van der Waals surface area contributed by atoms with E-state index in [9.17, 15) is 35.9 Å². The fourth-order valence-electron chi connectivity index (χ4n) is 2.69. The first-order chi connectivity index (χ1) is 11.7. The zero-order chi connectivity index (χ0) is 21.9. The van der Waals surface area contributed by atoms with Crippen molar-refractivity contribution in [3.63, 3.8) is 0 Å². The molecule has 1 unspecified atom stereocenters. The minimum Gasteiger partial charge on any atom is -0.456 e. The lowest BCUT2D eigenvalue weighted by molar-refractivity contribution is -0.205. The standard InChI is InChI=1S/C17H26F6O4/c1-13(2,3)8-15(14(4,5)6,12(25)27-10-17(21,22)23)7-11(24)26-9-16(18,19)20/h7-10H2,1-6H3. The second-order valence-corrected chi connectivity index (χ2v) is 8.71. The van der Waals surface area contributed by atoms with Gasteiger partial charge in [0.1, 0.15) is 0 Å². The van der Waals surface area contributed by atoms with Gasteiger partial charge < -0.3 is 9.47 Å². The van der Waals surface area contributed by atoms with E-state index in [1.807, 2.05) is 0 Å². The fourth-order valence-corrected chi connectivity index (χ4v) is 2.69. The second kappa shape index (κ2) is 8.26. The van der Waals surface area contributed by atoms with Gasteiger partial charge in [-0.25, -0.2) is 0 Å². The minimum atomic E-state index is -4.78. The van der Waals surface area contributed by atoms with E-state index in [0.29, 0.717) is 0 Å². The summed E-state index contributed by atoms with van der Waals surface area (Å²) in [6.07, 6.45) is -10.5. The van der Waals surface area contributed by atoms with Crippen LogP contribution < -0.4 is 0 Å². The summed E-state index contributed by atoms with van der Waals surface area (Å²) in [6, 6.07) is 0. The van der Waals surface area contributed by atoms with Crippen molar-refractivity contribution >= 4 is 11.9 Å². The van der Waals surface area contributed by atoms with Crippen molar-refractivity contribution in [3.05, 3.63) is 0 Å². The van der Waals surface area contributed by atoms with Gasteiger partial charge in [-0.15, -0.1) is 0 Å². The van der Waals surface area contributed by atoms with Gasteiger partial charge in [0.15, 0.2) is 13.2 Å². The summed E-state index contributed by atoms with van der Waals surface area (Å²) in [4.78, 5) is 24.6. The highest BCUT2D eigenvalue weighted by atomic mass is 19.4. The van der Waals surface area contributed by atoms with Crippen molar-refractivity contribution in [2.45, 2.75) is 66.7 Å². The van der Waals surface area contributed by atoms with E-state index in [0.717, 1.165) is 0 Å². The second-order valence-electron chi connectivity index (χ2n) is 8.71. The molecule has 160 valence electrons. The van der Waals surface area contributed by atoms with E-state index >= 15 is 0 Å². The van der Waals surface area contributed by atoms with Crippen LogP contribution in [0.25, 0.3) is 0 Å². The third-order valence-corrected chi connectivity index (χ3v) is 3.87. The van der Waals surface area contributed by atoms with Gasteiger partial charge in [0.05, 0.1) is 11.8 Å². The van der Waals surface area contributed by atoms with Gasteiger partial charge in [0.2, 0.25) is 0 Å². The highest BCUT2D eigenvalue weighted by Gasteiger charge is 2.54. The summed E-state index contributed by atoms with van der Waals surface area (Å²) < 4.78 is 82.8. The van der Waals surface area contributed by atoms with Crippen LogP contribution >= 0.6 is 0 Å². The molecule has 0 aromatic heterocycles. The summed E-state index contributed by atoms with van der Waals surface area (Å²) in [5, 5.41) is 0. The molecule has 0 fully saturated rings. The van der Waals surface area contributed by atoms with Gasteiger partial charge >= 0.3 is 24.3 Å². The predicted molar refractivity (Wildman–Crippen MR) is 84.6 cm³/mol. The van der Waals surface area contributed by atoms with Crippen molar-refractivity contribution in [2.24, 2.45) is 16.2 Å². The summed E-state index contributed by atoms with van der Waals surface area (Å²) in [5.74, 6) is -2.64. The molecule has 0 saturated heterocycles. The Hall–Kier alpha value is -1.48. The van der Waals surface area contributed by atoms with Crippen molar-refractivity contribution in [2.75, 3.05) is 13.2 Å². The summed E-state index contributed by atoms with van der Waals surface area (Å²) in [5.41, 5.74) is -3.55. The quantitative estimate of drug-likeness (QED) is 0.456. The Morgan fingerprint density at radius 1 is 0.741 bits per heavy atom. The molecule has 0 aliphatic carbocycles. The largest absolute Gasteiger partial charge is 0.456 e. The fraction of sp³-hybridized carbons (Fsp3) is 0.882. The van der Waals surface area contributed by atoms with Crippen LogP contribution in [0.2, 0.25) is 0 Å². The molecule has 0 aromatic carbocycles. The van der Waals surface area contributed by atoms with Crippen LogP contribution in [0.5, 0.6) is 0 Å². The number of rotatable bonds is 6. The molecule has 10 heteroatoms. The number of ether oxygens (including phenoxy) is 2. The summed E-state index contributed by atoms with van der Waals surface area (Å²) in [7, 11) is 0. The maximum atomic E-state index is 12.6. The molecule has 0 radical (unpaired) electrons. The van der Waals surface area contributed by atoms with Crippen molar-refractivity contribution in [3.8, 4) is 0 Å². The van der Waals surface area contributed by atoms with Crippen molar-refractivity contribution in [1.29, 1.82) is 0 Å². The molecule has 1 atom stereocenters. The molecule has 0 amide bonds. The van der Waals surface area contributed by atoms with Gasteiger partial charge in [0, 0.05) is 0 Å². The zero-order valence-electron chi connectivity index (χ0n) is 16.2. The minimum absolute atomic E-state index is 0.0959.